The number of fused-ring (bicyclic) bond motifs is 1. The Kier molecular flexibility index (Phi) is 3.54. The molecule has 0 saturated carbocycles. The molecule has 1 N–H and O–H groups in total. The third-order valence-electron chi connectivity index (χ3n) is 4.62. The molecule has 1 aliphatic carbocycles. The predicted octanol–water partition coefficient (Wildman–Crippen LogP) is 2.56. The van der Waals surface area contributed by atoms with Crippen LogP contribution < -0.4 is 0 Å². The second-order valence-electron chi connectivity index (χ2n) is 5.73. The maximum absolute atomic E-state index is 12.7. The Morgan fingerprint density at radius 1 is 1.35 bits per heavy atom. The summed E-state index contributed by atoms with van der Waals surface area (Å²) >= 11 is 1.68. The predicted molar refractivity (Wildman–Crippen MR) is 77.2 cm³/mol. The second kappa shape index (κ2) is 5.20. The van der Waals surface area contributed by atoms with Gasteiger partial charge in [-0.1, -0.05) is 0 Å². The molecule has 1 amide bonds. The van der Waals surface area contributed by atoms with Crippen LogP contribution in [0, 0.1) is 5.92 Å². The highest BCUT2D eigenvalue weighted by Gasteiger charge is 2.39. The van der Waals surface area contributed by atoms with Crippen LogP contribution in [0.2, 0.25) is 0 Å². The van der Waals surface area contributed by atoms with Crippen molar-refractivity contribution in [3.63, 3.8) is 0 Å². The van der Waals surface area contributed by atoms with E-state index in [2.05, 4.69) is 0 Å². The van der Waals surface area contributed by atoms with E-state index in [1.54, 1.807) is 16.2 Å². The number of likely N-dealkylation sites (tertiary alicyclic amines) is 1. The maximum atomic E-state index is 12.7. The number of nitrogens with zero attached hydrogens (tertiary/aromatic N) is 1. The van der Waals surface area contributed by atoms with E-state index < -0.39 is 11.9 Å². The largest absolute Gasteiger partial charge is 0.481 e. The lowest BCUT2D eigenvalue weighted by Gasteiger charge is -2.24. The Balaban J connectivity index is 1.83. The van der Waals surface area contributed by atoms with Gasteiger partial charge in [0.05, 0.1) is 11.5 Å². The molecule has 20 heavy (non-hydrogen) atoms. The Hall–Kier alpha value is -1.36. The first-order valence-corrected chi connectivity index (χ1v) is 8.10. The van der Waals surface area contributed by atoms with Gasteiger partial charge in [-0.2, -0.15) is 0 Å². The summed E-state index contributed by atoms with van der Waals surface area (Å²) in [6, 6.07) is -0.209. The van der Waals surface area contributed by atoms with E-state index >= 15 is 0 Å². The fourth-order valence-corrected chi connectivity index (χ4v) is 4.50. The van der Waals surface area contributed by atoms with Crippen molar-refractivity contribution in [2.24, 2.45) is 5.92 Å². The zero-order chi connectivity index (χ0) is 14.3. The molecule has 0 radical (unpaired) electrons. The number of carbonyl (C=O) groups excluding carboxylic acids is 1. The van der Waals surface area contributed by atoms with Gasteiger partial charge >= 0.3 is 5.97 Å². The van der Waals surface area contributed by atoms with E-state index in [0.717, 1.165) is 24.8 Å². The fourth-order valence-electron chi connectivity index (χ4n) is 3.38. The molecule has 1 fully saturated rings. The van der Waals surface area contributed by atoms with Crippen LogP contribution in [0.15, 0.2) is 5.38 Å². The molecular weight excluding hydrogens is 274 g/mol. The third-order valence-corrected chi connectivity index (χ3v) is 5.71. The minimum absolute atomic E-state index is 0.0284. The number of amides is 1. The van der Waals surface area contributed by atoms with E-state index in [1.807, 2.05) is 12.3 Å². The van der Waals surface area contributed by atoms with Gasteiger partial charge < -0.3 is 10.0 Å². The Morgan fingerprint density at radius 2 is 2.10 bits per heavy atom. The van der Waals surface area contributed by atoms with Crippen molar-refractivity contribution in [3.05, 3.63) is 21.4 Å². The van der Waals surface area contributed by atoms with Gasteiger partial charge in [-0.05, 0) is 44.6 Å². The first-order chi connectivity index (χ1) is 9.59. The number of aliphatic carboxylic acids is 1. The number of thiophene rings is 1. The first kappa shape index (κ1) is 13.6. The van der Waals surface area contributed by atoms with Gasteiger partial charge in [-0.25, -0.2) is 0 Å². The highest BCUT2D eigenvalue weighted by atomic mass is 32.1. The summed E-state index contributed by atoms with van der Waals surface area (Å²) in [5.41, 5.74) is 2.04. The molecule has 5 heteroatoms. The van der Waals surface area contributed by atoms with E-state index in [1.165, 1.54) is 16.9 Å². The van der Waals surface area contributed by atoms with Gasteiger partial charge in [0.15, 0.2) is 0 Å². The molecule has 2 atom stereocenters. The molecule has 2 aliphatic rings. The Labute approximate surface area is 122 Å². The lowest BCUT2D eigenvalue weighted by Crippen LogP contribution is -2.38. The summed E-state index contributed by atoms with van der Waals surface area (Å²) in [6.45, 7) is 2.41. The van der Waals surface area contributed by atoms with Crippen LogP contribution in [-0.4, -0.2) is 34.5 Å². The van der Waals surface area contributed by atoms with Crippen LogP contribution in [-0.2, 0) is 17.6 Å². The molecule has 3 rings (SSSR count). The summed E-state index contributed by atoms with van der Waals surface area (Å²) in [5.74, 6) is -1.19. The Morgan fingerprint density at radius 3 is 2.80 bits per heavy atom. The topological polar surface area (TPSA) is 57.6 Å². The highest BCUT2D eigenvalue weighted by molar-refractivity contribution is 7.10. The minimum Gasteiger partial charge on any atom is -0.481 e. The van der Waals surface area contributed by atoms with E-state index in [9.17, 15) is 9.59 Å². The SMILES string of the molecule is CC1C(C(=O)O)CCN1C(=O)c1csc2c1CCCC2. The molecule has 108 valence electrons. The average Bonchev–Trinajstić information content (AvgIpc) is 3.01. The molecule has 0 spiro atoms. The fraction of sp³-hybridized carbons (Fsp3) is 0.600. The zero-order valence-corrected chi connectivity index (χ0v) is 12.4. The van der Waals surface area contributed by atoms with Crippen LogP contribution in [0.3, 0.4) is 0 Å². The number of hydrogen-bond acceptors (Lipinski definition) is 3. The molecule has 2 unspecified atom stereocenters. The summed E-state index contributed by atoms with van der Waals surface area (Å²) in [5, 5.41) is 11.1. The molecule has 1 aromatic heterocycles. The quantitative estimate of drug-likeness (QED) is 0.911. The molecule has 2 heterocycles. The van der Waals surface area contributed by atoms with Gasteiger partial charge in [0, 0.05) is 22.8 Å². The number of rotatable bonds is 2. The van der Waals surface area contributed by atoms with Crippen molar-refractivity contribution in [2.75, 3.05) is 6.54 Å². The lowest BCUT2D eigenvalue weighted by atomic mass is 9.95. The smallest absolute Gasteiger partial charge is 0.308 e. The maximum Gasteiger partial charge on any atom is 0.308 e. The molecule has 1 saturated heterocycles. The average molecular weight is 293 g/mol. The molecule has 1 aromatic rings. The van der Waals surface area contributed by atoms with E-state index in [4.69, 9.17) is 5.11 Å². The first-order valence-electron chi connectivity index (χ1n) is 7.22. The standard InChI is InChI=1S/C15H19NO3S/c1-9-10(15(18)19)6-7-16(9)14(17)12-8-20-13-5-3-2-4-11(12)13/h8-10H,2-7H2,1H3,(H,18,19). The summed E-state index contributed by atoms with van der Waals surface area (Å²) < 4.78 is 0. The van der Waals surface area contributed by atoms with E-state index in [0.29, 0.717) is 13.0 Å². The second-order valence-corrected chi connectivity index (χ2v) is 6.69. The van der Waals surface area contributed by atoms with Crippen molar-refractivity contribution in [3.8, 4) is 0 Å². The van der Waals surface area contributed by atoms with Crippen molar-refractivity contribution in [2.45, 2.75) is 45.1 Å². The van der Waals surface area contributed by atoms with E-state index in [-0.39, 0.29) is 11.9 Å². The molecule has 0 aromatic carbocycles. The third kappa shape index (κ3) is 2.14. The van der Waals surface area contributed by atoms with Gasteiger partial charge in [0.25, 0.3) is 5.91 Å². The van der Waals surface area contributed by atoms with Crippen LogP contribution in [0.1, 0.15) is 47.0 Å². The van der Waals surface area contributed by atoms with Gasteiger partial charge in [-0.15, -0.1) is 11.3 Å². The van der Waals surface area contributed by atoms with Gasteiger partial charge in [0.2, 0.25) is 0 Å². The summed E-state index contributed by atoms with van der Waals surface area (Å²) in [6.07, 6.45) is 5.00. The normalized spacial score (nSPS) is 25.6. The summed E-state index contributed by atoms with van der Waals surface area (Å²) in [7, 11) is 0. The van der Waals surface area contributed by atoms with Gasteiger partial charge in [0.1, 0.15) is 0 Å². The zero-order valence-electron chi connectivity index (χ0n) is 11.6. The number of hydrogen-bond donors (Lipinski definition) is 1. The number of carboxylic acids is 1. The highest BCUT2D eigenvalue weighted by Crippen LogP contribution is 2.33. The van der Waals surface area contributed by atoms with Gasteiger partial charge in [-0.3, -0.25) is 9.59 Å². The molecule has 1 aliphatic heterocycles. The Bertz CT molecular complexity index is 551. The molecule has 0 bridgehead atoms. The number of carboxylic acid groups (broad SMARTS) is 1. The van der Waals surface area contributed by atoms with Crippen molar-refractivity contribution >= 4 is 23.2 Å². The van der Waals surface area contributed by atoms with Crippen LogP contribution in [0.5, 0.6) is 0 Å². The van der Waals surface area contributed by atoms with Crippen LogP contribution >= 0.6 is 11.3 Å². The lowest BCUT2D eigenvalue weighted by molar-refractivity contribution is -0.142. The number of aryl methyl sites for hydroxylation is 1. The van der Waals surface area contributed by atoms with Crippen LogP contribution in [0.25, 0.3) is 0 Å². The minimum atomic E-state index is -0.792. The van der Waals surface area contributed by atoms with Crippen molar-refractivity contribution < 1.29 is 14.7 Å². The molecule has 4 nitrogen and oxygen atoms in total. The number of carbonyl (C=O) groups is 2. The van der Waals surface area contributed by atoms with Crippen molar-refractivity contribution in [1.29, 1.82) is 0 Å². The molecular formula is C15H19NO3S. The van der Waals surface area contributed by atoms with Crippen molar-refractivity contribution in [1.82, 2.24) is 4.90 Å². The summed E-state index contributed by atoms with van der Waals surface area (Å²) in [4.78, 5) is 27.0. The monoisotopic (exact) mass is 293 g/mol. The van der Waals surface area contributed by atoms with Crippen LogP contribution in [0.4, 0.5) is 0 Å².